The average molecular weight is 532 g/mol. The quantitative estimate of drug-likeness (QED) is 0.264. The maximum absolute atomic E-state index is 13.2. The minimum atomic E-state index is -0.179. The summed E-state index contributed by atoms with van der Waals surface area (Å²) in [6.45, 7) is 13.5. The molecule has 0 aliphatic carbocycles. The number of halogens is 2. The average Bonchev–Trinajstić information content (AvgIpc) is 2.95. The minimum Gasteiger partial charge on any atom is -0.368 e. The Morgan fingerprint density at radius 1 is 1.00 bits per heavy atom. The first kappa shape index (κ1) is 25.1. The summed E-state index contributed by atoms with van der Waals surface area (Å²) in [6.07, 6.45) is 2.37. The van der Waals surface area contributed by atoms with Crippen LogP contribution in [-0.2, 0) is 0 Å². The van der Waals surface area contributed by atoms with Crippen molar-refractivity contribution in [3.05, 3.63) is 30.1 Å². The number of guanidine groups is 1. The number of benzene rings is 1. The Balaban J connectivity index is 0.00000320. The summed E-state index contributed by atoms with van der Waals surface area (Å²) in [5.41, 5.74) is 1.09. The highest BCUT2D eigenvalue weighted by atomic mass is 127. The third-order valence-corrected chi connectivity index (χ3v) is 5.81. The van der Waals surface area contributed by atoms with Crippen molar-refractivity contribution in [2.24, 2.45) is 4.99 Å². The van der Waals surface area contributed by atoms with E-state index in [-0.39, 0.29) is 29.8 Å². The lowest BCUT2D eigenvalue weighted by Crippen LogP contribution is -2.52. The van der Waals surface area contributed by atoms with E-state index >= 15 is 0 Å². The highest BCUT2D eigenvalue weighted by molar-refractivity contribution is 14.0. The number of nitrogens with zero attached hydrogens (tertiary/aromatic N) is 5. The molecule has 1 aromatic carbocycles. The van der Waals surface area contributed by atoms with Crippen molar-refractivity contribution in [2.45, 2.75) is 19.8 Å². The SMILES string of the molecule is CCNC(=NCCCN1CCCN(C)CC1)N1CCN(c2ccc(F)cc2)CC1.I. The van der Waals surface area contributed by atoms with Crippen molar-refractivity contribution in [1.29, 1.82) is 0 Å². The Hall–Kier alpha value is -1.13. The fraction of sp³-hybridized carbons (Fsp3) is 0.682. The van der Waals surface area contributed by atoms with E-state index < -0.39 is 0 Å². The van der Waals surface area contributed by atoms with Crippen LogP contribution in [0.2, 0.25) is 0 Å². The topological polar surface area (TPSA) is 37.4 Å². The Kier molecular flexibility index (Phi) is 11.2. The second kappa shape index (κ2) is 13.3. The zero-order chi connectivity index (χ0) is 20.5. The first-order valence-electron chi connectivity index (χ1n) is 11.1. The predicted octanol–water partition coefficient (Wildman–Crippen LogP) is 2.56. The molecule has 0 atom stereocenters. The molecule has 0 amide bonds. The maximum Gasteiger partial charge on any atom is 0.194 e. The largest absolute Gasteiger partial charge is 0.368 e. The molecule has 3 rings (SSSR count). The molecular weight excluding hydrogens is 494 g/mol. The van der Waals surface area contributed by atoms with E-state index in [1.807, 2.05) is 12.1 Å². The van der Waals surface area contributed by atoms with Gasteiger partial charge in [-0.3, -0.25) is 4.99 Å². The Labute approximate surface area is 198 Å². The summed E-state index contributed by atoms with van der Waals surface area (Å²) in [4.78, 5) is 14.6. The van der Waals surface area contributed by atoms with E-state index in [4.69, 9.17) is 4.99 Å². The Morgan fingerprint density at radius 2 is 1.73 bits per heavy atom. The van der Waals surface area contributed by atoms with Crippen LogP contribution in [0.4, 0.5) is 10.1 Å². The second-order valence-corrected chi connectivity index (χ2v) is 8.04. The molecule has 6 nitrogen and oxygen atoms in total. The number of hydrogen-bond acceptors (Lipinski definition) is 4. The van der Waals surface area contributed by atoms with Crippen LogP contribution in [0.5, 0.6) is 0 Å². The summed E-state index contributed by atoms with van der Waals surface area (Å²) < 4.78 is 13.2. The molecule has 2 heterocycles. The van der Waals surface area contributed by atoms with E-state index in [1.165, 1.54) is 44.7 Å². The standard InChI is InChI=1S/C22H37FN6.HI/c1-3-24-22(25-10-4-12-27-13-5-11-26(2)14-15-27)29-18-16-28(17-19-29)21-8-6-20(23)7-9-21;/h6-9H,3-5,10-19H2,1-2H3,(H,24,25);1H. The first-order chi connectivity index (χ1) is 14.2. The van der Waals surface area contributed by atoms with Gasteiger partial charge in [0.2, 0.25) is 0 Å². The predicted molar refractivity (Wildman–Crippen MR) is 135 cm³/mol. The zero-order valence-electron chi connectivity index (χ0n) is 18.5. The van der Waals surface area contributed by atoms with Crippen molar-refractivity contribution in [3.8, 4) is 0 Å². The molecule has 0 aromatic heterocycles. The van der Waals surface area contributed by atoms with Crippen LogP contribution < -0.4 is 10.2 Å². The van der Waals surface area contributed by atoms with E-state index in [2.05, 4.69) is 38.9 Å². The monoisotopic (exact) mass is 532 g/mol. The van der Waals surface area contributed by atoms with Gasteiger partial charge >= 0.3 is 0 Å². The van der Waals surface area contributed by atoms with Crippen LogP contribution in [0, 0.1) is 5.82 Å². The number of aliphatic imine (C=N–C) groups is 1. The van der Waals surface area contributed by atoms with Crippen LogP contribution in [0.25, 0.3) is 0 Å². The van der Waals surface area contributed by atoms with Crippen molar-refractivity contribution >= 4 is 35.6 Å². The molecule has 170 valence electrons. The summed E-state index contributed by atoms with van der Waals surface area (Å²) in [5.74, 6) is 0.850. The fourth-order valence-corrected chi connectivity index (χ4v) is 4.06. The zero-order valence-corrected chi connectivity index (χ0v) is 20.9. The number of likely N-dealkylation sites (N-methyl/N-ethyl adjacent to an activating group) is 1. The lowest BCUT2D eigenvalue weighted by molar-refractivity contribution is 0.274. The van der Waals surface area contributed by atoms with Crippen molar-refractivity contribution in [2.75, 3.05) is 83.9 Å². The van der Waals surface area contributed by atoms with Gasteiger partial charge in [0.1, 0.15) is 5.82 Å². The van der Waals surface area contributed by atoms with Gasteiger partial charge in [0, 0.05) is 58.0 Å². The molecule has 0 bridgehead atoms. The number of nitrogens with one attached hydrogen (secondary N) is 1. The fourth-order valence-electron chi connectivity index (χ4n) is 4.06. The number of piperazine rings is 1. The van der Waals surface area contributed by atoms with E-state index in [1.54, 1.807) is 0 Å². The third kappa shape index (κ3) is 7.85. The van der Waals surface area contributed by atoms with Gasteiger partial charge in [-0.05, 0) is 70.7 Å². The highest BCUT2D eigenvalue weighted by Gasteiger charge is 2.20. The summed E-state index contributed by atoms with van der Waals surface area (Å²) >= 11 is 0. The molecule has 0 saturated carbocycles. The molecule has 2 saturated heterocycles. The lowest BCUT2D eigenvalue weighted by Gasteiger charge is -2.37. The van der Waals surface area contributed by atoms with Crippen LogP contribution in [0.1, 0.15) is 19.8 Å². The Morgan fingerprint density at radius 3 is 2.43 bits per heavy atom. The van der Waals surface area contributed by atoms with Crippen LogP contribution >= 0.6 is 24.0 Å². The van der Waals surface area contributed by atoms with Gasteiger partial charge in [-0.2, -0.15) is 0 Å². The molecule has 0 unspecified atom stereocenters. The van der Waals surface area contributed by atoms with E-state index in [9.17, 15) is 4.39 Å². The van der Waals surface area contributed by atoms with Crippen molar-refractivity contribution in [1.82, 2.24) is 20.0 Å². The van der Waals surface area contributed by atoms with Gasteiger partial charge in [0.25, 0.3) is 0 Å². The first-order valence-corrected chi connectivity index (χ1v) is 11.1. The van der Waals surface area contributed by atoms with Gasteiger partial charge in [0.15, 0.2) is 5.96 Å². The van der Waals surface area contributed by atoms with Gasteiger partial charge in [-0.25, -0.2) is 4.39 Å². The van der Waals surface area contributed by atoms with Crippen LogP contribution in [0.15, 0.2) is 29.3 Å². The number of hydrogen-bond donors (Lipinski definition) is 1. The van der Waals surface area contributed by atoms with Crippen LogP contribution in [-0.4, -0.2) is 99.7 Å². The molecule has 2 fully saturated rings. The molecule has 2 aliphatic heterocycles. The summed E-state index contributed by atoms with van der Waals surface area (Å²) in [5, 5.41) is 3.46. The van der Waals surface area contributed by atoms with E-state index in [0.29, 0.717) is 0 Å². The highest BCUT2D eigenvalue weighted by Crippen LogP contribution is 2.17. The lowest BCUT2D eigenvalue weighted by atomic mass is 10.2. The molecule has 30 heavy (non-hydrogen) atoms. The van der Waals surface area contributed by atoms with Gasteiger partial charge in [0.05, 0.1) is 0 Å². The van der Waals surface area contributed by atoms with Crippen molar-refractivity contribution in [3.63, 3.8) is 0 Å². The molecule has 0 spiro atoms. The molecular formula is C22H38FIN6. The molecule has 1 aromatic rings. The second-order valence-electron chi connectivity index (χ2n) is 8.04. The van der Waals surface area contributed by atoms with Gasteiger partial charge < -0.3 is 24.9 Å². The summed E-state index contributed by atoms with van der Waals surface area (Å²) in [7, 11) is 2.21. The van der Waals surface area contributed by atoms with Crippen LogP contribution in [0.3, 0.4) is 0 Å². The Bertz CT molecular complexity index is 633. The van der Waals surface area contributed by atoms with Gasteiger partial charge in [-0.15, -0.1) is 24.0 Å². The molecule has 1 N–H and O–H groups in total. The molecule has 2 aliphatic rings. The number of anilines is 1. The van der Waals surface area contributed by atoms with Gasteiger partial charge in [-0.1, -0.05) is 0 Å². The third-order valence-electron chi connectivity index (χ3n) is 5.81. The van der Waals surface area contributed by atoms with E-state index in [0.717, 1.165) is 63.9 Å². The number of rotatable bonds is 6. The normalized spacial score (nSPS) is 19.4. The smallest absolute Gasteiger partial charge is 0.194 e. The molecule has 0 radical (unpaired) electrons. The maximum atomic E-state index is 13.2. The summed E-state index contributed by atoms with van der Waals surface area (Å²) in [6, 6.07) is 6.81. The van der Waals surface area contributed by atoms with Crippen molar-refractivity contribution < 1.29 is 4.39 Å². The minimum absolute atomic E-state index is 0. The molecule has 8 heteroatoms.